The molecule has 0 aromatic carbocycles. The summed E-state index contributed by atoms with van der Waals surface area (Å²) in [5, 5.41) is -0.0545. The zero-order valence-corrected chi connectivity index (χ0v) is 11.4. The van der Waals surface area contributed by atoms with E-state index in [2.05, 4.69) is 19.1 Å². The maximum Gasteiger partial charge on any atom is 0.266 e. The van der Waals surface area contributed by atoms with Gasteiger partial charge in [0, 0.05) is 17.7 Å². The second kappa shape index (κ2) is 4.67. The minimum Gasteiger partial charge on any atom is -0.326 e. The molecule has 2 rings (SSSR count). The second-order valence-electron chi connectivity index (χ2n) is 3.26. The molecule has 2 aromatic heterocycles. The number of aromatic nitrogens is 3. The Morgan fingerprint density at radius 1 is 1.50 bits per heavy atom. The summed E-state index contributed by atoms with van der Waals surface area (Å²) in [6.45, 7) is 1.64. The monoisotopic (exact) mass is 306 g/mol. The minimum absolute atomic E-state index is 0.148. The van der Waals surface area contributed by atoms with Crippen molar-refractivity contribution in [3.8, 4) is 0 Å². The Bertz CT molecular complexity index is 737. The van der Waals surface area contributed by atoms with E-state index in [-0.39, 0.29) is 15.0 Å². The first-order valence-electron chi connectivity index (χ1n) is 4.60. The van der Waals surface area contributed by atoms with Gasteiger partial charge < -0.3 is 4.98 Å². The summed E-state index contributed by atoms with van der Waals surface area (Å²) in [6, 6.07) is 1.07. The highest BCUT2D eigenvalue weighted by Crippen LogP contribution is 2.17. The third-order valence-corrected chi connectivity index (χ3v) is 4.34. The normalized spacial score (nSPS) is 11.4. The van der Waals surface area contributed by atoms with E-state index in [1.165, 1.54) is 0 Å². The average Bonchev–Trinajstić information content (AvgIpc) is 2.67. The van der Waals surface area contributed by atoms with Crippen LogP contribution in [0.5, 0.6) is 0 Å². The van der Waals surface area contributed by atoms with Crippen LogP contribution in [0.4, 0.5) is 5.13 Å². The number of aromatic amines is 1. The maximum atomic E-state index is 11.9. The van der Waals surface area contributed by atoms with Gasteiger partial charge in [-0.3, -0.25) is 9.52 Å². The van der Waals surface area contributed by atoms with Crippen molar-refractivity contribution in [3.63, 3.8) is 0 Å². The second-order valence-corrected chi connectivity index (χ2v) is 6.11. The van der Waals surface area contributed by atoms with E-state index in [0.717, 1.165) is 23.8 Å². The van der Waals surface area contributed by atoms with Crippen molar-refractivity contribution < 1.29 is 8.42 Å². The van der Waals surface area contributed by atoms with E-state index in [1.54, 1.807) is 6.92 Å². The molecule has 0 bridgehead atoms. The van der Waals surface area contributed by atoms with Gasteiger partial charge in [-0.05, 0) is 13.0 Å². The van der Waals surface area contributed by atoms with Crippen molar-refractivity contribution >= 4 is 38.3 Å². The van der Waals surface area contributed by atoms with Crippen LogP contribution in [-0.4, -0.2) is 22.8 Å². The van der Waals surface area contributed by atoms with Crippen molar-refractivity contribution in [2.24, 2.45) is 0 Å². The van der Waals surface area contributed by atoms with Gasteiger partial charge in [0.2, 0.25) is 5.13 Å². The highest BCUT2D eigenvalue weighted by molar-refractivity contribution is 7.93. The molecule has 7 nitrogen and oxygen atoms in total. The molecule has 0 fully saturated rings. The molecule has 2 aromatic rings. The van der Waals surface area contributed by atoms with Gasteiger partial charge in [0.1, 0.15) is 15.7 Å². The van der Waals surface area contributed by atoms with Crippen LogP contribution in [0.3, 0.4) is 0 Å². The largest absolute Gasteiger partial charge is 0.326 e. The van der Waals surface area contributed by atoms with E-state index in [0.29, 0.717) is 5.82 Å². The Morgan fingerprint density at radius 2 is 2.22 bits per heavy atom. The van der Waals surface area contributed by atoms with Crippen LogP contribution in [0.2, 0.25) is 5.02 Å². The van der Waals surface area contributed by atoms with E-state index >= 15 is 0 Å². The molecule has 0 saturated heterocycles. The molecule has 0 aliphatic rings. The fourth-order valence-electron chi connectivity index (χ4n) is 1.11. The molecule has 0 saturated carbocycles. The van der Waals surface area contributed by atoms with E-state index in [1.807, 2.05) is 0 Å². The van der Waals surface area contributed by atoms with Gasteiger partial charge in [-0.25, -0.2) is 13.4 Å². The Kier molecular flexibility index (Phi) is 3.37. The van der Waals surface area contributed by atoms with Crippen molar-refractivity contribution in [1.29, 1.82) is 0 Å². The number of halogens is 1. The molecular formula is C8H7ClN4O3S2. The number of aryl methyl sites for hydroxylation is 1. The van der Waals surface area contributed by atoms with Gasteiger partial charge >= 0.3 is 0 Å². The lowest BCUT2D eigenvalue weighted by Crippen LogP contribution is -2.15. The molecule has 2 heterocycles. The fourth-order valence-corrected chi connectivity index (χ4v) is 3.13. The quantitative estimate of drug-likeness (QED) is 0.879. The third-order valence-electron chi connectivity index (χ3n) is 1.89. The highest BCUT2D eigenvalue weighted by atomic mass is 35.5. The van der Waals surface area contributed by atoms with Crippen LogP contribution in [0.1, 0.15) is 5.82 Å². The SMILES string of the molecule is Cc1nsc(NS(=O)(=O)c2c[nH]c(=O)c(Cl)c2)n1. The molecule has 0 atom stereocenters. The number of pyridine rings is 1. The summed E-state index contributed by atoms with van der Waals surface area (Å²) in [4.78, 5) is 17.0. The molecule has 0 aliphatic carbocycles. The molecule has 10 heteroatoms. The highest BCUT2D eigenvalue weighted by Gasteiger charge is 2.17. The number of nitrogens with zero attached hydrogens (tertiary/aromatic N) is 2. The van der Waals surface area contributed by atoms with Crippen LogP contribution < -0.4 is 10.3 Å². The van der Waals surface area contributed by atoms with Crippen LogP contribution >= 0.6 is 23.1 Å². The van der Waals surface area contributed by atoms with Gasteiger partial charge in [-0.15, -0.1) is 0 Å². The average molecular weight is 307 g/mol. The number of hydrogen-bond donors (Lipinski definition) is 2. The topological polar surface area (TPSA) is 105 Å². The van der Waals surface area contributed by atoms with E-state index in [4.69, 9.17) is 11.6 Å². The van der Waals surface area contributed by atoms with Crippen molar-refractivity contribution in [2.45, 2.75) is 11.8 Å². The summed E-state index contributed by atoms with van der Waals surface area (Å²) in [7, 11) is -3.84. The van der Waals surface area contributed by atoms with Gasteiger partial charge in [0.25, 0.3) is 15.6 Å². The van der Waals surface area contributed by atoms with Crippen LogP contribution in [0.15, 0.2) is 22.0 Å². The van der Waals surface area contributed by atoms with Crippen molar-refractivity contribution in [3.05, 3.63) is 33.5 Å². The first-order valence-corrected chi connectivity index (χ1v) is 7.23. The van der Waals surface area contributed by atoms with Gasteiger partial charge in [-0.1, -0.05) is 11.6 Å². The van der Waals surface area contributed by atoms with Gasteiger partial charge in [-0.2, -0.15) is 4.37 Å². The summed E-state index contributed by atoms with van der Waals surface area (Å²) in [5.74, 6) is 0.470. The first kappa shape index (κ1) is 13.0. The smallest absolute Gasteiger partial charge is 0.266 e. The van der Waals surface area contributed by atoms with E-state index < -0.39 is 15.6 Å². The molecule has 96 valence electrons. The van der Waals surface area contributed by atoms with E-state index in [9.17, 15) is 13.2 Å². The lowest BCUT2D eigenvalue weighted by atomic mass is 10.5. The molecule has 0 aliphatic heterocycles. The summed E-state index contributed by atoms with van der Waals surface area (Å²) in [5.41, 5.74) is -0.553. The number of hydrogen-bond acceptors (Lipinski definition) is 6. The summed E-state index contributed by atoms with van der Waals surface area (Å²) < 4.78 is 29.9. The first-order chi connectivity index (χ1) is 8.38. The molecule has 18 heavy (non-hydrogen) atoms. The molecule has 0 spiro atoms. The van der Waals surface area contributed by atoms with Gasteiger partial charge in [0.15, 0.2) is 0 Å². The van der Waals surface area contributed by atoms with Crippen molar-refractivity contribution in [1.82, 2.24) is 14.3 Å². The van der Waals surface area contributed by atoms with Crippen molar-refractivity contribution in [2.75, 3.05) is 4.72 Å². The predicted octanol–water partition coefficient (Wildman–Crippen LogP) is 0.989. The summed E-state index contributed by atoms with van der Waals surface area (Å²) in [6.07, 6.45) is 1.06. The third kappa shape index (κ3) is 2.68. The number of rotatable bonds is 3. The Balaban J connectivity index is 2.36. The zero-order chi connectivity index (χ0) is 13.3. The Morgan fingerprint density at radius 3 is 2.78 bits per heavy atom. The molecule has 2 N–H and O–H groups in total. The predicted molar refractivity (Wildman–Crippen MR) is 67.5 cm³/mol. The molecule has 0 radical (unpaired) electrons. The number of sulfonamides is 1. The van der Waals surface area contributed by atoms with Gasteiger partial charge in [0.05, 0.1) is 0 Å². The number of anilines is 1. The lowest BCUT2D eigenvalue weighted by molar-refractivity contribution is 0.600. The Hall–Kier alpha value is -1.45. The van der Waals surface area contributed by atoms with Crippen LogP contribution in [0.25, 0.3) is 0 Å². The minimum atomic E-state index is -3.84. The maximum absolute atomic E-state index is 11.9. The summed E-state index contributed by atoms with van der Waals surface area (Å²) >= 11 is 6.49. The number of H-pyrrole nitrogens is 1. The molecule has 0 unspecified atom stereocenters. The Labute approximate surface area is 111 Å². The number of nitrogens with one attached hydrogen (secondary N) is 2. The standard InChI is InChI=1S/C8H7ClN4O3S2/c1-4-11-8(17-12-4)13-18(15,16)5-2-6(9)7(14)10-3-5/h2-3H,1H3,(H,10,14)(H,11,12,13). The molecular weight excluding hydrogens is 300 g/mol. The zero-order valence-electron chi connectivity index (χ0n) is 8.97. The lowest BCUT2D eigenvalue weighted by Gasteiger charge is -2.04. The fraction of sp³-hybridized carbons (Fsp3) is 0.125. The molecule has 0 amide bonds. The van der Waals surface area contributed by atoms with Crippen LogP contribution in [-0.2, 0) is 10.0 Å². The van der Waals surface area contributed by atoms with Crippen LogP contribution in [0, 0.1) is 6.92 Å².